The molecule has 2 aromatic heterocycles. The van der Waals surface area contributed by atoms with E-state index in [1.807, 2.05) is 0 Å². The van der Waals surface area contributed by atoms with Gasteiger partial charge in [-0.3, -0.25) is 9.59 Å². The summed E-state index contributed by atoms with van der Waals surface area (Å²) in [5, 5.41) is 0. The molecule has 1 N–H and O–H groups in total. The third kappa shape index (κ3) is 1.13. The molecular formula is C7H4ClN3O2. The molecule has 0 spiro atoms. The highest BCUT2D eigenvalue weighted by atomic mass is 35.5. The maximum Gasteiger partial charge on any atom is 0.331 e. The Morgan fingerprint density at radius 3 is 3.00 bits per heavy atom. The average molecular weight is 198 g/mol. The minimum absolute atomic E-state index is 0.294. The highest BCUT2D eigenvalue weighted by Crippen LogP contribution is 2.03. The van der Waals surface area contributed by atoms with Gasteiger partial charge in [-0.2, -0.15) is 0 Å². The third-order valence-corrected chi connectivity index (χ3v) is 1.94. The summed E-state index contributed by atoms with van der Waals surface area (Å²) < 4.78 is 0.751. The molecule has 0 saturated heterocycles. The van der Waals surface area contributed by atoms with Crippen molar-refractivity contribution in [3.05, 3.63) is 39.0 Å². The lowest BCUT2D eigenvalue weighted by Gasteiger charge is -1.98. The van der Waals surface area contributed by atoms with Gasteiger partial charge in [-0.15, -0.1) is 0 Å². The molecule has 5 nitrogen and oxygen atoms in total. The van der Waals surface area contributed by atoms with Crippen molar-refractivity contribution in [2.45, 2.75) is 0 Å². The van der Waals surface area contributed by atoms with E-state index in [1.165, 1.54) is 6.20 Å². The zero-order valence-corrected chi connectivity index (χ0v) is 7.08. The molecular weight excluding hydrogens is 194 g/mol. The van der Waals surface area contributed by atoms with Crippen molar-refractivity contribution in [2.75, 3.05) is 0 Å². The molecule has 13 heavy (non-hydrogen) atoms. The predicted octanol–water partition coefficient (Wildman–Crippen LogP) is 0.0867. The Kier molecular flexibility index (Phi) is 1.66. The predicted molar refractivity (Wildman–Crippen MR) is 47.9 cm³/mol. The molecule has 0 radical (unpaired) electrons. The van der Waals surface area contributed by atoms with Crippen molar-refractivity contribution in [1.29, 1.82) is 0 Å². The molecule has 2 rings (SSSR count). The molecule has 6 heteroatoms. The first-order chi connectivity index (χ1) is 6.20. The van der Waals surface area contributed by atoms with Crippen molar-refractivity contribution in [2.24, 2.45) is 0 Å². The number of fused-ring (bicyclic) bond motifs is 1. The van der Waals surface area contributed by atoms with E-state index in [0.717, 1.165) is 4.09 Å². The maximum atomic E-state index is 11.0. The summed E-state index contributed by atoms with van der Waals surface area (Å²) in [6, 6.07) is 3.21. The van der Waals surface area contributed by atoms with Crippen LogP contribution >= 0.6 is 11.8 Å². The smallest absolute Gasteiger partial charge is 0.300 e. The van der Waals surface area contributed by atoms with E-state index < -0.39 is 11.1 Å². The SMILES string of the molecule is O=c1[nH]c2ncccc2n(Cl)c1=O. The average Bonchev–Trinajstić information content (AvgIpc) is 2.15. The molecule has 66 valence electrons. The van der Waals surface area contributed by atoms with Crippen LogP contribution < -0.4 is 11.1 Å². The standard InChI is InChI=1S/C7H4ClN3O2/c8-11-4-2-1-3-9-5(4)10-6(12)7(11)13/h1-3H,(H,9,10,12). The fourth-order valence-electron chi connectivity index (χ4n) is 1.01. The van der Waals surface area contributed by atoms with Crippen molar-refractivity contribution < 1.29 is 0 Å². The number of nitrogens with one attached hydrogen (secondary N) is 1. The summed E-state index contributed by atoms with van der Waals surface area (Å²) in [6.45, 7) is 0. The number of pyridine rings is 1. The lowest BCUT2D eigenvalue weighted by atomic mass is 10.4. The van der Waals surface area contributed by atoms with Gasteiger partial charge >= 0.3 is 11.1 Å². The Morgan fingerprint density at radius 1 is 1.46 bits per heavy atom. The van der Waals surface area contributed by atoms with Crippen LogP contribution in [0.25, 0.3) is 11.2 Å². The topological polar surface area (TPSA) is 67.8 Å². The van der Waals surface area contributed by atoms with Crippen LogP contribution in [0.15, 0.2) is 27.9 Å². The molecule has 0 aliphatic carbocycles. The normalized spacial score (nSPS) is 10.5. The molecule has 2 aromatic rings. The molecule has 0 aliphatic rings. The maximum absolute atomic E-state index is 11.0. The van der Waals surface area contributed by atoms with Gasteiger partial charge in [0.15, 0.2) is 5.65 Å². The van der Waals surface area contributed by atoms with Gasteiger partial charge in [0.2, 0.25) is 0 Å². The highest BCUT2D eigenvalue weighted by Gasteiger charge is 2.04. The first kappa shape index (κ1) is 8.00. The first-order valence-corrected chi connectivity index (χ1v) is 3.80. The quantitative estimate of drug-likeness (QED) is 0.609. The van der Waals surface area contributed by atoms with E-state index in [0.29, 0.717) is 11.2 Å². The number of halogens is 1. The van der Waals surface area contributed by atoms with Gasteiger partial charge in [0.1, 0.15) is 5.52 Å². The molecule has 0 aromatic carbocycles. The minimum Gasteiger partial charge on any atom is -0.300 e. The molecule has 0 bridgehead atoms. The number of rotatable bonds is 0. The van der Waals surface area contributed by atoms with Gasteiger partial charge in [-0.1, -0.05) is 0 Å². The summed E-state index contributed by atoms with van der Waals surface area (Å²) in [7, 11) is 0. The van der Waals surface area contributed by atoms with Crippen LogP contribution in [0, 0.1) is 0 Å². The van der Waals surface area contributed by atoms with E-state index in [2.05, 4.69) is 9.97 Å². The van der Waals surface area contributed by atoms with Gasteiger partial charge in [0.05, 0.1) is 0 Å². The monoisotopic (exact) mass is 197 g/mol. The Labute approximate surface area is 76.7 Å². The molecule has 0 fully saturated rings. The van der Waals surface area contributed by atoms with E-state index >= 15 is 0 Å². The largest absolute Gasteiger partial charge is 0.331 e. The van der Waals surface area contributed by atoms with Crippen LogP contribution in [-0.4, -0.2) is 14.1 Å². The number of aromatic nitrogens is 3. The van der Waals surface area contributed by atoms with Crippen LogP contribution in [0.5, 0.6) is 0 Å². The zero-order chi connectivity index (χ0) is 9.42. The first-order valence-electron chi connectivity index (χ1n) is 3.46. The Hall–Kier alpha value is -1.62. The van der Waals surface area contributed by atoms with Gasteiger partial charge in [-0.05, 0) is 12.1 Å². The number of H-pyrrole nitrogens is 1. The number of hydrogen-bond acceptors (Lipinski definition) is 3. The number of aromatic amines is 1. The summed E-state index contributed by atoms with van der Waals surface area (Å²) >= 11 is 5.58. The second-order valence-corrected chi connectivity index (χ2v) is 2.75. The molecule has 0 unspecified atom stereocenters. The molecule has 0 atom stereocenters. The minimum atomic E-state index is -0.804. The Balaban J connectivity index is 3.11. The molecule has 0 saturated carbocycles. The van der Waals surface area contributed by atoms with Gasteiger partial charge in [0.25, 0.3) is 0 Å². The van der Waals surface area contributed by atoms with Crippen molar-refractivity contribution in [1.82, 2.24) is 14.1 Å². The lowest BCUT2D eigenvalue weighted by Crippen LogP contribution is -2.33. The second-order valence-electron chi connectivity index (χ2n) is 2.41. The van der Waals surface area contributed by atoms with Crippen LogP contribution in [-0.2, 0) is 0 Å². The van der Waals surface area contributed by atoms with Gasteiger partial charge in [-0.25, -0.2) is 9.07 Å². The van der Waals surface area contributed by atoms with Gasteiger partial charge < -0.3 is 4.98 Å². The molecule has 0 aliphatic heterocycles. The van der Waals surface area contributed by atoms with Crippen molar-refractivity contribution in [3.8, 4) is 0 Å². The lowest BCUT2D eigenvalue weighted by molar-refractivity contribution is 1.06. The molecule has 2 heterocycles. The zero-order valence-electron chi connectivity index (χ0n) is 6.32. The second kappa shape index (κ2) is 2.70. The van der Waals surface area contributed by atoms with E-state index in [9.17, 15) is 9.59 Å². The summed E-state index contributed by atoms with van der Waals surface area (Å²) in [4.78, 5) is 28.1. The van der Waals surface area contributed by atoms with Crippen molar-refractivity contribution in [3.63, 3.8) is 0 Å². The number of nitrogens with zero attached hydrogens (tertiary/aromatic N) is 2. The van der Waals surface area contributed by atoms with Crippen LogP contribution in [0.4, 0.5) is 0 Å². The van der Waals surface area contributed by atoms with E-state index in [1.54, 1.807) is 12.1 Å². The fourth-order valence-corrected chi connectivity index (χ4v) is 1.22. The number of hydrogen-bond donors (Lipinski definition) is 1. The van der Waals surface area contributed by atoms with Gasteiger partial charge in [0, 0.05) is 18.0 Å². The van der Waals surface area contributed by atoms with E-state index in [-0.39, 0.29) is 0 Å². The molecule has 0 amide bonds. The highest BCUT2D eigenvalue weighted by molar-refractivity contribution is 6.18. The fraction of sp³-hybridized carbons (Fsp3) is 0. The summed E-state index contributed by atoms with van der Waals surface area (Å²) in [5.41, 5.74) is -0.903. The summed E-state index contributed by atoms with van der Waals surface area (Å²) in [6.07, 6.45) is 1.50. The van der Waals surface area contributed by atoms with Crippen LogP contribution in [0.1, 0.15) is 0 Å². The third-order valence-electron chi connectivity index (χ3n) is 1.60. The van der Waals surface area contributed by atoms with Crippen LogP contribution in [0.2, 0.25) is 0 Å². The Bertz CT molecular complexity index is 572. The Morgan fingerprint density at radius 2 is 2.23 bits per heavy atom. The summed E-state index contributed by atoms with van der Waals surface area (Å²) in [5.74, 6) is 0. The van der Waals surface area contributed by atoms with Crippen LogP contribution in [0.3, 0.4) is 0 Å². The van der Waals surface area contributed by atoms with Crippen molar-refractivity contribution >= 4 is 22.9 Å². The van der Waals surface area contributed by atoms with E-state index in [4.69, 9.17) is 11.8 Å².